The van der Waals surface area contributed by atoms with Crippen LogP contribution in [0.3, 0.4) is 0 Å². The lowest BCUT2D eigenvalue weighted by atomic mass is 10.3. The van der Waals surface area contributed by atoms with Crippen LogP contribution in [-0.2, 0) is 4.74 Å². The van der Waals surface area contributed by atoms with Gasteiger partial charge in [0.1, 0.15) is 5.76 Å². The predicted octanol–water partition coefficient (Wildman–Crippen LogP) is 0.220. The maximum atomic E-state index is 5.40. The predicted molar refractivity (Wildman–Crippen MR) is 35.1 cm³/mol. The lowest BCUT2D eigenvalue weighted by molar-refractivity contribution is 0.293. The Hall–Kier alpha value is -0.960. The average Bonchev–Trinajstić information content (AvgIpc) is 1.90. The number of allylic oxidation sites excluding steroid dienone is 1. The monoisotopic (exact) mass is 126 g/mol. The highest BCUT2D eigenvalue weighted by molar-refractivity contribution is 5.15. The number of nitrogens with two attached hydrogens (primary N) is 1. The van der Waals surface area contributed by atoms with Gasteiger partial charge in [-0.1, -0.05) is 0 Å². The third-order valence-electron chi connectivity index (χ3n) is 1.17. The molecule has 3 heteroatoms. The van der Waals surface area contributed by atoms with Crippen molar-refractivity contribution < 1.29 is 4.74 Å². The van der Waals surface area contributed by atoms with Crippen LogP contribution in [0.15, 0.2) is 24.1 Å². The smallest absolute Gasteiger partial charge is 0.118 e. The summed E-state index contributed by atoms with van der Waals surface area (Å²) in [7, 11) is 1.64. The fraction of sp³-hybridized carbons (Fsp3) is 0.333. The van der Waals surface area contributed by atoms with Crippen LogP contribution in [0.1, 0.15) is 0 Å². The van der Waals surface area contributed by atoms with Gasteiger partial charge in [0.25, 0.3) is 0 Å². The molecule has 1 rings (SSSR count). The number of hydrogen-bond donors (Lipinski definition) is 1. The van der Waals surface area contributed by atoms with E-state index in [0.29, 0.717) is 0 Å². The number of rotatable bonds is 1. The van der Waals surface area contributed by atoms with Gasteiger partial charge in [-0.05, 0) is 12.2 Å². The van der Waals surface area contributed by atoms with Gasteiger partial charge in [-0.25, -0.2) is 5.84 Å². The molecule has 0 aliphatic carbocycles. The SMILES string of the molecule is COC1=CCN(N)C=C1. The van der Waals surface area contributed by atoms with Crippen molar-refractivity contribution in [1.82, 2.24) is 5.01 Å². The maximum absolute atomic E-state index is 5.40. The molecule has 0 fully saturated rings. The molecule has 1 heterocycles. The van der Waals surface area contributed by atoms with Crippen LogP contribution in [0.2, 0.25) is 0 Å². The minimum Gasteiger partial charge on any atom is -0.497 e. The van der Waals surface area contributed by atoms with Crippen molar-refractivity contribution >= 4 is 0 Å². The third kappa shape index (κ3) is 1.47. The second-order valence-corrected chi connectivity index (χ2v) is 1.82. The first-order chi connectivity index (χ1) is 4.33. The largest absolute Gasteiger partial charge is 0.497 e. The van der Waals surface area contributed by atoms with Gasteiger partial charge in [0.2, 0.25) is 0 Å². The highest BCUT2D eigenvalue weighted by Crippen LogP contribution is 2.02. The number of nitrogens with zero attached hydrogens (tertiary/aromatic N) is 1. The fourth-order valence-corrected chi connectivity index (χ4v) is 0.645. The zero-order chi connectivity index (χ0) is 6.69. The number of hydrogen-bond acceptors (Lipinski definition) is 3. The summed E-state index contributed by atoms with van der Waals surface area (Å²) in [6.45, 7) is 0.722. The summed E-state index contributed by atoms with van der Waals surface area (Å²) in [6.07, 6.45) is 5.52. The molecule has 3 nitrogen and oxygen atoms in total. The van der Waals surface area contributed by atoms with Gasteiger partial charge >= 0.3 is 0 Å². The Bertz CT molecular complexity index is 151. The minimum atomic E-state index is 0.722. The summed E-state index contributed by atoms with van der Waals surface area (Å²) in [4.78, 5) is 0. The van der Waals surface area contributed by atoms with Crippen molar-refractivity contribution in [3.05, 3.63) is 24.1 Å². The average molecular weight is 126 g/mol. The van der Waals surface area contributed by atoms with E-state index in [1.54, 1.807) is 18.3 Å². The Balaban J connectivity index is 2.52. The van der Waals surface area contributed by atoms with E-state index in [-0.39, 0.29) is 0 Å². The van der Waals surface area contributed by atoms with Crippen molar-refractivity contribution in [2.45, 2.75) is 0 Å². The van der Waals surface area contributed by atoms with E-state index >= 15 is 0 Å². The van der Waals surface area contributed by atoms with Crippen molar-refractivity contribution in [3.8, 4) is 0 Å². The Kier molecular flexibility index (Phi) is 1.75. The Morgan fingerprint density at radius 3 is 3.00 bits per heavy atom. The van der Waals surface area contributed by atoms with Gasteiger partial charge in [0.15, 0.2) is 0 Å². The lowest BCUT2D eigenvalue weighted by Crippen LogP contribution is -2.26. The van der Waals surface area contributed by atoms with Crippen molar-refractivity contribution in [2.75, 3.05) is 13.7 Å². The molecule has 0 bridgehead atoms. The summed E-state index contributed by atoms with van der Waals surface area (Å²) >= 11 is 0. The molecule has 9 heavy (non-hydrogen) atoms. The van der Waals surface area contributed by atoms with E-state index in [1.807, 2.05) is 12.2 Å². The van der Waals surface area contributed by atoms with Crippen LogP contribution >= 0.6 is 0 Å². The Morgan fingerprint density at radius 1 is 1.78 bits per heavy atom. The molecular weight excluding hydrogens is 116 g/mol. The van der Waals surface area contributed by atoms with Crippen LogP contribution in [0, 0.1) is 0 Å². The van der Waals surface area contributed by atoms with Gasteiger partial charge < -0.3 is 9.75 Å². The van der Waals surface area contributed by atoms with E-state index in [4.69, 9.17) is 10.6 Å². The molecule has 0 aromatic heterocycles. The zero-order valence-electron chi connectivity index (χ0n) is 5.37. The first-order valence-electron chi connectivity index (χ1n) is 2.76. The fourth-order valence-electron chi connectivity index (χ4n) is 0.645. The summed E-state index contributed by atoms with van der Waals surface area (Å²) in [6, 6.07) is 0. The van der Waals surface area contributed by atoms with Gasteiger partial charge in [-0.3, -0.25) is 0 Å². The molecule has 0 atom stereocenters. The molecule has 1 aliphatic heterocycles. The van der Waals surface area contributed by atoms with Crippen molar-refractivity contribution in [2.24, 2.45) is 5.84 Å². The molecule has 0 unspecified atom stereocenters. The van der Waals surface area contributed by atoms with E-state index in [1.165, 1.54) is 0 Å². The molecule has 0 aromatic carbocycles. The van der Waals surface area contributed by atoms with E-state index in [9.17, 15) is 0 Å². The van der Waals surface area contributed by atoms with Gasteiger partial charge in [-0.15, -0.1) is 0 Å². The molecule has 0 spiro atoms. The quantitative estimate of drug-likeness (QED) is 0.511. The molecule has 0 aromatic rings. The van der Waals surface area contributed by atoms with Crippen molar-refractivity contribution in [1.29, 1.82) is 0 Å². The summed E-state index contributed by atoms with van der Waals surface area (Å²) in [5, 5.41) is 1.59. The number of hydrazine groups is 1. The molecule has 1 aliphatic rings. The summed E-state index contributed by atoms with van der Waals surface area (Å²) in [5.41, 5.74) is 0. The topological polar surface area (TPSA) is 38.5 Å². The lowest BCUT2D eigenvalue weighted by Gasteiger charge is -2.15. The molecule has 0 saturated carbocycles. The van der Waals surface area contributed by atoms with Crippen LogP contribution < -0.4 is 5.84 Å². The molecule has 0 amide bonds. The van der Waals surface area contributed by atoms with Gasteiger partial charge in [0.05, 0.1) is 13.7 Å². The van der Waals surface area contributed by atoms with Crippen LogP contribution in [0.4, 0.5) is 0 Å². The van der Waals surface area contributed by atoms with Crippen LogP contribution in [0.25, 0.3) is 0 Å². The van der Waals surface area contributed by atoms with E-state index < -0.39 is 0 Å². The standard InChI is InChI=1S/C6H10N2O/c1-9-6-2-4-8(7)5-3-6/h2-4H,5,7H2,1H3. The Labute approximate surface area is 54.4 Å². The van der Waals surface area contributed by atoms with E-state index in [0.717, 1.165) is 12.3 Å². The molecular formula is C6H10N2O. The molecule has 50 valence electrons. The second-order valence-electron chi connectivity index (χ2n) is 1.82. The maximum Gasteiger partial charge on any atom is 0.118 e. The second kappa shape index (κ2) is 2.55. The highest BCUT2D eigenvalue weighted by atomic mass is 16.5. The summed E-state index contributed by atoms with van der Waals surface area (Å²) in [5.74, 6) is 6.27. The zero-order valence-corrected chi connectivity index (χ0v) is 5.37. The van der Waals surface area contributed by atoms with Crippen LogP contribution in [-0.4, -0.2) is 18.7 Å². The number of methoxy groups -OCH3 is 1. The molecule has 2 N–H and O–H groups in total. The van der Waals surface area contributed by atoms with Gasteiger partial charge in [-0.2, -0.15) is 0 Å². The first kappa shape index (κ1) is 6.16. The number of ether oxygens (including phenoxy) is 1. The Morgan fingerprint density at radius 2 is 2.56 bits per heavy atom. The van der Waals surface area contributed by atoms with Gasteiger partial charge in [0, 0.05) is 6.20 Å². The molecule has 0 saturated heterocycles. The van der Waals surface area contributed by atoms with Crippen molar-refractivity contribution in [3.63, 3.8) is 0 Å². The summed E-state index contributed by atoms with van der Waals surface area (Å²) < 4.78 is 4.93. The van der Waals surface area contributed by atoms with Crippen LogP contribution in [0.5, 0.6) is 0 Å². The van der Waals surface area contributed by atoms with E-state index in [2.05, 4.69) is 0 Å². The highest BCUT2D eigenvalue weighted by Gasteiger charge is 1.97. The third-order valence-corrected chi connectivity index (χ3v) is 1.17. The normalized spacial score (nSPS) is 17.6. The minimum absolute atomic E-state index is 0.722. The molecule has 0 radical (unpaired) electrons. The first-order valence-corrected chi connectivity index (χ1v) is 2.76.